The predicted molar refractivity (Wildman–Crippen MR) is 44.1 cm³/mol. The first-order valence-corrected chi connectivity index (χ1v) is 8.12. The second kappa shape index (κ2) is 7.81. The van der Waals surface area contributed by atoms with Crippen LogP contribution in [0.4, 0.5) is 0 Å². The van der Waals surface area contributed by atoms with Gasteiger partial charge in [-0.1, -0.05) is 0 Å². The van der Waals surface area contributed by atoms with E-state index in [0.29, 0.717) is 0 Å². The summed E-state index contributed by atoms with van der Waals surface area (Å²) in [7, 11) is -1.52. The maximum atomic E-state index is 6.26. The molecular weight excluding hydrogens is 302 g/mol. The van der Waals surface area contributed by atoms with Gasteiger partial charge in [-0.3, -0.25) is 0 Å². The van der Waals surface area contributed by atoms with Gasteiger partial charge in [-0.25, -0.2) is 0 Å². The van der Waals surface area contributed by atoms with Gasteiger partial charge in [0.05, 0.1) is 0 Å². The standard InChI is InChI=1S/C7H10ClSi.3ClH.Ti/c1-9(2,8)7-5-3-4-6-7;;;;/h3,5H,4H2,1-2H3;3*1H;/q;;;;+3/p-3. The van der Waals surface area contributed by atoms with Crippen LogP contribution in [0.15, 0.2) is 21.2 Å². The van der Waals surface area contributed by atoms with E-state index in [4.69, 9.17) is 11.1 Å². The van der Waals surface area contributed by atoms with Crippen LogP contribution in [0.5, 0.6) is 0 Å². The Kier molecular flexibility index (Phi) is 12.0. The van der Waals surface area contributed by atoms with Gasteiger partial charge in [-0.05, 0) is 0 Å². The average Bonchev–Trinajstić information content (AvgIpc) is 2.11. The molecule has 0 fully saturated rings. The van der Waals surface area contributed by atoms with Crippen LogP contribution >= 0.6 is 11.1 Å². The fourth-order valence-electron chi connectivity index (χ4n) is 1.06. The molecule has 0 unspecified atom stereocenters. The summed E-state index contributed by atoms with van der Waals surface area (Å²) in [6.07, 6.45) is 5.49. The van der Waals surface area contributed by atoms with E-state index >= 15 is 0 Å². The van der Waals surface area contributed by atoms with Crippen LogP contribution in [0.1, 0.15) is 6.42 Å². The molecule has 0 bridgehead atoms. The second-order valence-corrected chi connectivity index (χ2v) is 10.2. The summed E-state index contributed by atoms with van der Waals surface area (Å²) in [6.45, 7) is 4.34. The van der Waals surface area contributed by atoms with Gasteiger partial charge in [0.25, 0.3) is 0 Å². The third-order valence-electron chi connectivity index (χ3n) is 1.57. The minimum Gasteiger partial charge on any atom is -1.00 e. The zero-order chi connectivity index (χ0) is 7.78. The van der Waals surface area contributed by atoms with Crippen molar-refractivity contribution in [2.75, 3.05) is 0 Å². The molecule has 0 radical (unpaired) electrons. The number of hydrogen-bond donors (Lipinski definition) is 0. The first-order valence-electron chi connectivity index (χ1n) is 3.32. The van der Waals surface area contributed by atoms with Crippen molar-refractivity contribution in [2.45, 2.75) is 19.5 Å². The molecule has 0 aliphatic heterocycles. The number of rotatable bonds is 1. The van der Waals surface area contributed by atoms with Crippen molar-refractivity contribution in [1.29, 1.82) is 0 Å². The van der Waals surface area contributed by atoms with Gasteiger partial charge < -0.3 is 37.2 Å². The summed E-state index contributed by atoms with van der Waals surface area (Å²) in [4.78, 5) is 0. The molecule has 0 heterocycles. The molecule has 6 heteroatoms. The van der Waals surface area contributed by atoms with Crippen LogP contribution in [0.3, 0.4) is 0 Å². The molecule has 0 atom stereocenters. The maximum Gasteiger partial charge on any atom is -1.00 e. The van der Waals surface area contributed by atoms with E-state index in [-0.39, 0.29) is 37.2 Å². The Bertz CT molecular complexity index is 207. The van der Waals surface area contributed by atoms with Gasteiger partial charge in [0.2, 0.25) is 0 Å². The van der Waals surface area contributed by atoms with E-state index in [1.807, 2.05) is 0 Å². The minimum absolute atomic E-state index is 0. The summed E-state index contributed by atoms with van der Waals surface area (Å²) >= 11 is 8.44. The molecule has 0 amide bonds. The van der Waals surface area contributed by atoms with Crippen LogP contribution in [0.2, 0.25) is 13.1 Å². The van der Waals surface area contributed by atoms with E-state index in [1.165, 1.54) is 9.07 Å². The first kappa shape index (κ1) is 20.0. The molecule has 1 rings (SSSR count). The van der Waals surface area contributed by atoms with Crippen molar-refractivity contribution < 1.29 is 57.7 Å². The number of halogens is 4. The minimum atomic E-state index is -1.52. The third kappa shape index (κ3) is 5.89. The molecule has 0 aromatic carbocycles. The van der Waals surface area contributed by atoms with Gasteiger partial charge >= 0.3 is 79.6 Å². The topological polar surface area (TPSA) is 0 Å². The Balaban J connectivity index is -0.000000333. The molecule has 74 valence electrons. The van der Waals surface area contributed by atoms with E-state index in [0.717, 1.165) is 6.42 Å². The summed E-state index contributed by atoms with van der Waals surface area (Å²) in [5.74, 6) is 0. The average molecular weight is 312 g/mol. The molecular formula is C7H10Cl4SiTi. The Morgan fingerprint density at radius 3 is 1.92 bits per heavy atom. The van der Waals surface area contributed by atoms with Crippen LogP contribution in [-0.2, 0) is 20.4 Å². The fraction of sp³-hybridized carbons (Fsp3) is 0.429. The van der Waals surface area contributed by atoms with E-state index < -0.39 is 7.38 Å². The van der Waals surface area contributed by atoms with Crippen molar-refractivity contribution in [2.24, 2.45) is 0 Å². The molecule has 13 heavy (non-hydrogen) atoms. The molecule has 0 saturated heterocycles. The number of hydrogen-bond acceptors (Lipinski definition) is 0. The Morgan fingerprint density at radius 1 is 1.31 bits per heavy atom. The summed E-state index contributed by atoms with van der Waals surface area (Å²) in [5.41, 5.74) is 0. The van der Waals surface area contributed by atoms with Crippen LogP contribution in [-0.4, -0.2) is 7.38 Å². The Hall–Kier alpha value is 1.57. The normalized spacial score (nSPS) is 14.5. The van der Waals surface area contributed by atoms with Crippen LogP contribution in [0, 0.1) is 0 Å². The number of allylic oxidation sites excluding steroid dienone is 4. The van der Waals surface area contributed by atoms with Gasteiger partial charge in [-0.2, -0.15) is 0 Å². The monoisotopic (exact) mass is 310 g/mol. The quantitative estimate of drug-likeness (QED) is 0.334. The van der Waals surface area contributed by atoms with Crippen molar-refractivity contribution in [3.63, 3.8) is 0 Å². The molecule has 0 aromatic rings. The van der Waals surface area contributed by atoms with Crippen molar-refractivity contribution in [3.05, 3.63) is 21.2 Å². The summed E-state index contributed by atoms with van der Waals surface area (Å²) in [6, 6.07) is 0. The fourth-order valence-corrected chi connectivity index (χ4v) is 5.08. The maximum absolute atomic E-state index is 6.26. The van der Waals surface area contributed by atoms with Gasteiger partial charge in [0.15, 0.2) is 0 Å². The zero-order valence-electron chi connectivity index (χ0n) is 7.37. The summed E-state index contributed by atoms with van der Waals surface area (Å²) < 4.78 is 1.46. The SMILES string of the molecule is C[Si](C)(Cl)C1=[C]([Ti+3])CC=C1.[Cl-].[Cl-].[Cl-]. The predicted octanol–water partition coefficient (Wildman–Crippen LogP) is -6.26. The summed E-state index contributed by atoms with van der Waals surface area (Å²) in [5, 5.41) is 1.43. The van der Waals surface area contributed by atoms with Crippen molar-refractivity contribution >= 4 is 18.5 Å². The molecule has 0 N–H and O–H groups in total. The van der Waals surface area contributed by atoms with Gasteiger partial charge in [-0.15, -0.1) is 0 Å². The van der Waals surface area contributed by atoms with Crippen molar-refractivity contribution in [3.8, 4) is 0 Å². The third-order valence-corrected chi connectivity index (χ3v) is 5.06. The largest absolute Gasteiger partial charge is 1.00 e. The second-order valence-electron chi connectivity index (χ2n) is 2.97. The van der Waals surface area contributed by atoms with Crippen LogP contribution in [0.25, 0.3) is 0 Å². The van der Waals surface area contributed by atoms with Gasteiger partial charge in [0.1, 0.15) is 0 Å². The van der Waals surface area contributed by atoms with Gasteiger partial charge in [0, 0.05) is 0 Å². The molecule has 1 aliphatic carbocycles. The first-order chi connectivity index (χ1) is 4.52. The van der Waals surface area contributed by atoms with E-state index in [9.17, 15) is 0 Å². The van der Waals surface area contributed by atoms with E-state index in [1.54, 1.807) is 0 Å². The Labute approximate surface area is 116 Å². The Morgan fingerprint density at radius 2 is 1.77 bits per heavy atom. The molecule has 0 aromatic heterocycles. The molecule has 0 spiro atoms. The molecule has 0 nitrogen and oxygen atoms in total. The molecule has 1 aliphatic rings. The van der Waals surface area contributed by atoms with Crippen molar-refractivity contribution in [1.82, 2.24) is 0 Å². The smallest absolute Gasteiger partial charge is 1.00 e. The molecule has 0 saturated carbocycles. The van der Waals surface area contributed by atoms with E-state index in [2.05, 4.69) is 45.7 Å². The van der Waals surface area contributed by atoms with Crippen LogP contribution < -0.4 is 37.2 Å². The zero-order valence-corrected chi connectivity index (χ0v) is 13.0.